The van der Waals surface area contributed by atoms with Gasteiger partial charge in [-0.1, -0.05) is 0 Å². The van der Waals surface area contributed by atoms with Crippen LogP contribution in [0, 0.1) is 0 Å². The molecule has 0 aromatic carbocycles. The van der Waals surface area contributed by atoms with Crippen LogP contribution in [0.4, 0.5) is 48.3 Å². The molecular formula is C7HF11. The van der Waals surface area contributed by atoms with Crippen LogP contribution in [-0.2, 0) is 0 Å². The molecule has 0 aromatic rings. The van der Waals surface area contributed by atoms with Gasteiger partial charge in [0.25, 0.3) is 6.43 Å². The van der Waals surface area contributed by atoms with Crippen molar-refractivity contribution < 1.29 is 48.3 Å². The summed E-state index contributed by atoms with van der Waals surface area (Å²) in [4.78, 5) is 0. The van der Waals surface area contributed by atoms with E-state index in [0.29, 0.717) is 0 Å². The molecule has 0 saturated heterocycles. The number of rotatable bonds is 1. The van der Waals surface area contributed by atoms with E-state index in [9.17, 15) is 48.3 Å². The summed E-state index contributed by atoms with van der Waals surface area (Å²) in [5.74, 6) is -27.7. The monoisotopic (exact) mass is 294 g/mol. The van der Waals surface area contributed by atoms with E-state index < -0.39 is 41.5 Å². The maximum Gasteiger partial charge on any atom is 0.367 e. The highest BCUT2D eigenvalue weighted by molar-refractivity contribution is 5.34. The van der Waals surface area contributed by atoms with Crippen molar-refractivity contribution in [2.45, 2.75) is 29.9 Å². The lowest BCUT2D eigenvalue weighted by atomic mass is 9.80. The van der Waals surface area contributed by atoms with Crippen molar-refractivity contribution in [1.29, 1.82) is 0 Å². The number of alkyl halides is 9. The summed E-state index contributed by atoms with van der Waals surface area (Å²) in [6, 6.07) is 0. The highest BCUT2D eigenvalue weighted by atomic mass is 19.3. The summed E-state index contributed by atoms with van der Waals surface area (Å²) in [6.07, 6.45) is -5.38. The first-order chi connectivity index (χ1) is 7.76. The second kappa shape index (κ2) is 3.50. The quantitative estimate of drug-likeness (QED) is 0.640. The summed E-state index contributed by atoms with van der Waals surface area (Å²) in [5.41, 5.74) is -6.57. The lowest BCUT2D eigenvalue weighted by Crippen LogP contribution is -2.71. The zero-order chi connectivity index (χ0) is 14.7. The van der Waals surface area contributed by atoms with E-state index in [1.807, 2.05) is 0 Å². The van der Waals surface area contributed by atoms with E-state index in [4.69, 9.17) is 0 Å². The van der Waals surface area contributed by atoms with Gasteiger partial charge in [0.2, 0.25) is 11.7 Å². The molecule has 0 aliphatic heterocycles. The summed E-state index contributed by atoms with van der Waals surface area (Å²) in [6.45, 7) is 0. The molecule has 0 amide bonds. The third-order valence-corrected chi connectivity index (χ3v) is 2.35. The van der Waals surface area contributed by atoms with Gasteiger partial charge < -0.3 is 0 Å². The Morgan fingerprint density at radius 3 is 1.33 bits per heavy atom. The Bertz CT molecular complexity index is 394. The Morgan fingerprint density at radius 2 is 1.00 bits per heavy atom. The maximum absolute atomic E-state index is 13.0. The molecule has 1 atom stereocenters. The predicted octanol–water partition coefficient (Wildman–Crippen LogP) is 4.03. The van der Waals surface area contributed by atoms with Crippen LogP contribution in [0.5, 0.6) is 0 Å². The molecule has 0 bridgehead atoms. The van der Waals surface area contributed by atoms with Crippen molar-refractivity contribution in [2.24, 2.45) is 0 Å². The Labute approximate surface area is 91.1 Å². The van der Waals surface area contributed by atoms with Gasteiger partial charge >= 0.3 is 23.4 Å². The van der Waals surface area contributed by atoms with Crippen molar-refractivity contribution in [3.05, 3.63) is 11.7 Å². The van der Waals surface area contributed by atoms with E-state index in [1.54, 1.807) is 0 Å². The molecule has 0 N–H and O–H groups in total. The van der Waals surface area contributed by atoms with Crippen molar-refractivity contribution in [2.75, 3.05) is 0 Å². The largest absolute Gasteiger partial charge is 0.367 e. The van der Waals surface area contributed by atoms with Gasteiger partial charge in [0.05, 0.1) is 0 Å². The standard InChI is InChI=1S/C7HF11/c8-1-2(9)6(15,16)7(17,18)4(12,3(10)11)5(1,13)14/h3H. The minimum absolute atomic E-state index is 3.98. The van der Waals surface area contributed by atoms with Gasteiger partial charge in [0.1, 0.15) is 0 Å². The van der Waals surface area contributed by atoms with Gasteiger partial charge in [-0.15, -0.1) is 0 Å². The summed E-state index contributed by atoms with van der Waals surface area (Å²) in [7, 11) is 0. The van der Waals surface area contributed by atoms with Crippen molar-refractivity contribution in [1.82, 2.24) is 0 Å². The van der Waals surface area contributed by atoms with Gasteiger partial charge in [-0.3, -0.25) is 0 Å². The Hall–Kier alpha value is -1.03. The average Bonchev–Trinajstić information content (AvgIpc) is 2.23. The molecule has 0 aromatic heterocycles. The molecule has 1 aliphatic carbocycles. The van der Waals surface area contributed by atoms with Crippen LogP contribution in [-0.4, -0.2) is 29.9 Å². The Balaban J connectivity index is 3.75. The van der Waals surface area contributed by atoms with Gasteiger partial charge in [0, 0.05) is 0 Å². The summed E-state index contributed by atoms with van der Waals surface area (Å²) >= 11 is 0. The van der Waals surface area contributed by atoms with Crippen molar-refractivity contribution in [3.8, 4) is 0 Å². The maximum atomic E-state index is 13.0. The Kier molecular flexibility index (Phi) is 2.92. The second-order valence-electron chi connectivity index (χ2n) is 3.36. The third kappa shape index (κ3) is 1.27. The molecule has 0 fully saturated rings. The average molecular weight is 294 g/mol. The lowest BCUT2D eigenvalue weighted by Gasteiger charge is -2.43. The number of hydrogen-bond acceptors (Lipinski definition) is 0. The fourth-order valence-electron chi connectivity index (χ4n) is 1.27. The SMILES string of the molecule is FC1=C(F)C(F)(F)C(F)(C(F)F)C(F)(F)C1(F)F. The van der Waals surface area contributed by atoms with Crippen LogP contribution in [0.2, 0.25) is 0 Å². The topological polar surface area (TPSA) is 0 Å². The predicted molar refractivity (Wildman–Crippen MR) is 33.9 cm³/mol. The van der Waals surface area contributed by atoms with Crippen LogP contribution in [0.25, 0.3) is 0 Å². The summed E-state index contributed by atoms with van der Waals surface area (Å²) in [5, 5.41) is 0. The lowest BCUT2D eigenvalue weighted by molar-refractivity contribution is -0.351. The first-order valence-electron chi connectivity index (χ1n) is 3.93. The molecule has 106 valence electrons. The van der Waals surface area contributed by atoms with E-state index >= 15 is 0 Å². The molecular weight excluding hydrogens is 293 g/mol. The van der Waals surface area contributed by atoms with Crippen LogP contribution in [0.1, 0.15) is 0 Å². The molecule has 0 spiro atoms. The van der Waals surface area contributed by atoms with Gasteiger partial charge in [-0.25, -0.2) is 22.0 Å². The molecule has 0 saturated carbocycles. The van der Waals surface area contributed by atoms with Gasteiger partial charge in [0.15, 0.2) is 0 Å². The normalized spacial score (nSPS) is 34.0. The molecule has 11 heteroatoms. The number of hydrogen-bond donors (Lipinski definition) is 0. The van der Waals surface area contributed by atoms with Crippen molar-refractivity contribution >= 4 is 0 Å². The third-order valence-electron chi connectivity index (χ3n) is 2.35. The first kappa shape index (κ1) is 15.0. The second-order valence-corrected chi connectivity index (χ2v) is 3.36. The smallest absolute Gasteiger partial charge is 0.223 e. The molecule has 18 heavy (non-hydrogen) atoms. The van der Waals surface area contributed by atoms with Gasteiger partial charge in [-0.2, -0.15) is 26.3 Å². The van der Waals surface area contributed by atoms with E-state index in [2.05, 4.69) is 0 Å². The highest BCUT2D eigenvalue weighted by Crippen LogP contribution is 2.63. The summed E-state index contributed by atoms with van der Waals surface area (Å²) < 4.78 is 137. The van der Waals surface area contributed by atoms with Crippen molar-refractivity contribution in [3.63, 3.8) is 0 Å². The van der Waals surface area contributed by atoms with Crippen LogP contribution >= 0.6 is 0 Å². The minimum atomic E-state index is -6.84. The number of allylic oxidation sites excluding steroid dienone is 2. The molecule has 1 unspecified atom stereocenters. The van der Waals surface area contributed by atoms with Gasteiger partial charge in [-0.05, 0) is 0 Å². The molecule has 0 radical (unpaired) electrons. The first-order valence-corrected chi connectivity index (χ1v) is 3.93. The fourth-order valence-corrected chi connectivity index (χ4v) is 1.27. The van der Waals surface area contributed by atoms with Crippen LogP contribution in [0.3, 0.4) is 0 Å². The van der Waals surface area contributed by atoms with Crippen LogP contribution in [0.15, 0.2) is 11.7 Å². The molecule has 1 aliphatic rings. The van der Waals surface area contributed by atoms with Crippen LogP contribution < -0.4 is 0 Å². The number of halogens is 11. The highest BCUT2D eigenvalue weighted by Gasteiger charge is 2.89. The Morgan fingerprint density at radius 1 is 0.667 bits per heavy atom. The molecule has 0 heterocycles. The zero-order valence-corrected chi connectivity index (χ0v) is 7.73. The zero-order valence-electron chi connectivity index (χ0n) is 7.73. The minimum Gasteiger partial charge on any atom is -0.223 e. The van der Waals surface area contributed by atoms with E-state index in [-0.39, 0.29) is 0 Å². The fraction of sp³-hybridized carbons (Fsp3) is 0.714. The van der Waals surface area contributed by atoms with E-state index in [0.717, 1.165) is 0 Å². The molecule has 0 nitrogen and oxygen atoms in total. The molecule has 1 rings (SSSR count). The van der Waals surface area contributed by atoms with E-state index in [1.165, 1.54) is 0 Å².